The standard InChI is InChI=1S/C53H36/c1-53(2)49-22-12-11-19-42(49)43-27-26-38(32-50(43)53)51-44-20-9-10-21-45(44)52(47-31-37-15-5-6-16-39(37)40-17-7-8-18-41(40)47)48-30-36(25-28-46(48)51)35-24-23-33-13-3-4-14-34(33)29-35/h3-32H,1-2H3. The fourth-order valence-corrected chi connectivity index (χ4v) is 9.45. The maximum atomic E-state index is 2.49. The summed E-state index contributed by atoms with van der Waals surface area (Å²) in [5.41, 5.74) is 13.0. The van der Waals surface area contributed by atoms with E-state index in [4.69, 9.17) is 0 Å². The third kappa shape index (κ3) is 4.42. The van der Waals surface area contributed by atoms with Crippen molar-refractivity contribution in [1.82, 2.24) is 0 Å². The first-order valence-electron chi connectivity index (χ1n) is 18.7. The van der Waals surface area contributed by atoms with Crippen LogP contribution in [0.2, 0.25) is 0 Å². The summed E-state index contributed by atoms with van der Waals surface area (Å²) in [5, 5.41) is 12.7. The Bertz CT molecular complexity index is 3140. The molecule has 0 atom stereocenters. The Morgan fingerprint density at radius 3 is 1.68 bits per heavy atom. The van der Waals surface area contributed by atoms with Gasteiger partial charge in [0.25, 0.3) is 0 Å². The Morgan fingerprint density at radius 2 is 0.849 bits per heavy atom. The molecule has 10 aromatic rings. The molecule has 0 heterocycles. The average molecular weight is 673 g/mol. The molecule has 1 aliphatic rings. The van der Waals surface area contributed by atoms with Gasteiger partial charge < -0.3 is 0 Å². The lowest BCUT2D eigenvalue weighted by molar-refractivity contribution is 0.660. The molecule has 248 valence electrons. The summed E-state index contributed by atoms with van der Waals surface area (Å²) in [6.07, 6.45) is 0. The van der Waals surface area contributed by atoms with Crippen LogP contribution in [0.1, 0.15) is 25.0 Å². The van der Waals surface area contributed by atoms with Crippen LogP contribution in [0, 0.1) is 0 Å². The maximum absolute atomic E-state index is 2.49. The van der Waals surface area contributed by atoms with Crippen LogP contribution in [0.3, 0.4) is 0 Å². The highest BCUT2D eigenvalue weighted by molar-refractivity contribution is 6.26. The molecule has 0 amide bonds. The van der Waals surface area contributed by atoms with E-state index in [0.717, 1.165) is 0 Å². The van der Waals surface area contributed by atoms with E-state index in [1.807, 2.05) is 0 Å². The first kappa shape index (κ1) is 30.2. The van der Waals surface area contributed by atoms with E-state index in [1.165, 1.54) is 109 Å². The lowest BCUT2D eigenvalue weighted by Crippen LogP contribution is -2.14. The summed E-state index contributed by atoms with van der Waals surface area (Å²) in [7, 11) is 0. The second-order valence-corrected chi connectivity index (χ2v) is 15.2. The predicted molar refractivity (Wildman–Crippen MR) is 228 cm³/mol. The van der Waals surface area contributed by atoms with Crippen molar-refractivity contribution >= 4 is 53.9 Å². The first-order chi connectivity index (χ1) is 26.0. The van der Waals surface area contributed by atoms with E-state index >= 15 is 0 Å². The van der Waals surface area contributed by atoms with E-state index in [1.54, 1.807) is 0 Å². The number of rotatable bonds is 3. The van der Waals surface area contributed by atoms with E-state index in [0.29, 0.717) is 0 Å². The van der Waals surface area contributed by atoms with Gasteiger partial charge in [0.2, 0.25) is 0 Å². The SMILES string of the molecule is CC1(C)c2ccccc2-c2ccc(-c3c4ccccc4c(-c4cc5ccccc5c5ccccc45)c4cc(-c5ccc6ccccc6c5)ccc34)cc21. The molecule has 0 heteroatoms. The minimum atomic E-state index is -0.0826. The maximum Gasteiger partial charge on any atom is 0.0159 e. The molecule has 0 bridgehead atoms. The highest BCUT2D eigenvalue weighted by atomic mass is 14.4. The zero-order valence-corrected chi connectivity index (χ0v) is 29.8. The molecular formula is C53H36. The molecule has 0 saturated heterocycles. The van der Waals surface area contributed by atoms with Crippen molar-refractivity contribution in [2.45, 2.75) is 19.3 Å². The Kier molecular flexibility index (Phi) is 6.40. The van der Waals surface area contributed by atoms with Crippen molar-refractivity contribution in [3.8, 4) is 44.5 Å². The lowest BCUT2D eigenvalue weighted by atomic mass is 9.80. The third-order valence-corrected chi connectivity index (χ3v) is 12.0. The van der Waals surface area contributed by atoms with Crippen molar-refractivity contribution in [2.24, 2.45) is 0 Å². The molecule has 0 fully saturated rings. The molecule has 0 saturated carbocycles. The number of hydrogen-bond donors (Lipinski definition) is 0. The number of fused-ring (bicyclic) bond motifs is 9. The summed E-state index contributed by atoms with van der Waals surface area (Å²) < 4.78 is 0. The van der Waals surface area contributed by atoms with Crippen LogP contribution in [0.5, 0.6) is 0 Å². The largest absolute Gasteiger partial charge is 0.0619 e. The lowest BCUT2D eigenvalue weighted by Gasteiger charge is -2.23. The van der Waals surface area contributed by atoms with E-state index in [9.17, 15) is 0 Å². The number of benzene rings is 10. The molecule has 1 aliphatic carbocycles. The van der Waals surface area contributed by atoms with E-state index < -0.39 is 0 Å². The predicted octanol–water partition coefficient (Wildman–Crippen LogP) is 14.8. The smallest absolute Gasteiger partial charge is 0.0159 e. The second-order valence-electron chi connectivity index (χ2n) is 15.2. The van der Waals surface area contributed by atoms with Gasteiger partial charge in [0.1, 0.15) is 0 Å². The van der Waals surface area contributed by atoms with Crippen molar-refractivity contribution in [3.05, 3.63) is 193 Å². The van der Waals surface area contributed by atoms with Crippen molar-refractivity contribution in [2.75, 3.05) is 0 Å². The van der Waals surface area contributed by atoms with Gasteiger partial charge in [0.05, 0.1) is 0 Å². The molecule has 0 aliphatic heterocycles. The van der Waals surface area contributed by atoms with Crippen LogP contribution < -0.4 is 0 Å². The topological polar surface area (TPSA) is 0 Å². The van der Waals surface area contributed by atoms with Gasteiger partial charge in [-0.2, -0.15) is 0 Å². The Hall–Kier alpha value is -6.50. The van der Waals surface area contributed by atoms with Crippen LogP contribution in [0.25, 0.3) is 98.4 Å². The minimum Gasteiger partial charge on any atom is -0.0619 e. The molecule has 11 rings (SSSR count). The van der Waals surface area contributed by atoms with Gasteiger partial charge in [0.15, 0.2) is 0 Å². The van der Waals surface area contributed by atoms with Gasteiger partial charge >= 0.3 is 0 Å². The van der Waals surface area contributed by atoms with Gasteiger partial charge in [-0.15, -0.1) is 0 Å². The fraction of sp³-hybridized carbons (Fsp3) is 0.0566. The van der Waals surface area contributed by atoms with E-state index in [2.05, 4.69) is 196 Å². The van der Waals surface area contributed by atoms with Crippen LogP contribution in [-0.2, 0) is 5.41 Å². The monoisotopic (exact) mass is 672 g/mol. The molecule has 0 aromatic heterocycles. The van der Waals surface area contributed by atoms with Gasteiger partial charge in [-0.05, 0) is 134 Å². The third-order valence-electron chi connectivity index (χ3n) is 12.0. The number of hydrogen-bond acceptors (Lipinski definition) is 0. The summed E-state index contributed by atoms with van der Waals surface area (Å²) in [6.45, 7) is 4.75. The summed E-state index contributed by atoms with van der Waals surface area (Å²) >= 11 is 0. The molecular weight excluding hydrogens is 637 g/mol. The molecule has 53 heavy (non-hydrogen) atoms. The average Bonchev–Trinajstić information content (AvgIpc) is 3.44. The van der Waals surface area contributed by atoms with Gasteiger partial charge in [-0.3, -0.25) is 0 Å². The van der Waals surface area contributed by atoms with Crippen molar-refractivity contribution in [3.63, 3.8) is 0 Å². The van der Waals surface area contributed by atoms with Crippen LogP contribution in [0.4, 0.5) is 0 Å². The molecule has 0 N–H and O–H groups in total. The van der Waals surface area contributed by atoms with Gasteiger partial charge in [-0.1, -0.05) is 172 Å². The summed E-state index contributed by atoms with van der Waals surface area (Å²) in [4.78, 5) is 0. The minimum absolute atomic E-state index is 0.0826. The first-order valence-corrected chi connectivity index (χ1v) is 18.7. The quantitative estimate of drug-likeness (QED) is 0.129. The van der Waals surface area contributed by atoms with Crippen LogP contribution in [0.15, 0.2) is 182 Å². The fourth-order valence-electron chi connectivity index (χ4n) is 9.45. The zero-order chi connectivity index (χ0) is 35.3. The molecule has 0 radical (unpaired) electrons. The summed E-state index contributed by atoms with van der Waals surface area (Å²) in [6, 6.07) is 68.1. The van der Waals surface area contributed by atoms with Crippen molar-refractivity contribution < 1.29 is 0 Å². The highest BCUT2D eigenvalue weighted by Crippen LogP contribution is 2.52. The van der Waals surface area contributed by atoms with Crippen molar-refractivity contribution in [1.29, 1.82) is 0 Å². The molecule has 0 unspecified atom stereocenters. The van der Waals surface area contributed by atoms with Crippen LogP contribution in [-0.4, -0.2) is 0 Å². The van der Waals surface area contributed by atoms with E-state index in [-0.39, 0.29) is 5.41 Å². The second kappa shape index (κ2) is 11.2. The van der Waals surface area contributed by atoms with Crippen LogP contribution >= 0.6 is 0 Å². The van der Waals surface area contributed by atoms with Gasteiger partial charge in [0, 0.05) is 5.41 Å². The zero-order valence-electron chi connectivity index (χ0n) is 29.8. The Balaban J connectivity index is 1.26. The Morgan fingerprint density at radius 1 is 0.283 bits per heavy atom. The highest BCUT2D eigenvalue weighted by Gasteiger charge is 2.35. The molecule has 0 spiro atoms. The Labute approximate surface area is 309 Å². The van der Waals surface area contributed by atoms with Gasteiger partial charge in [-0.25, -0.2) is 0 Å². The normalized spacial score (nSPS) is 13.2. The molecule has 0 nitrogen and oxygen atoms in total. The molecule has 10 aromatic carbocycles. The summed E-state index contributed by atoms with van der Waals surface area (Å²) in [5.74, 6) is 0.